The number of nitrogens with one attached hydrogen (secondary N) is 1. The Morgan fingerprint density at radius 3 is 2.51 bits per heavy atom. The van der Waals surface area contributed by atoms with Crippen LogP contribution < -0.4 is 4.72 Å². The van der Waals surface area contributed by atoms with Crippen molar-refractivity contribution in [3.8, 4) is 23.1 Å². The molecular formula is C30H30FN5O2S. The minimum atomic E-state index is -4.17. The molecule has 2 heterocycles. The number of hydrogen-bond acceptors (Lipinski definition) is 6. The zero-order chi connectivity index (χ0) is 28.2. The molecule has 39 heavy (non-hydrogen) atoms. The summed E-state index contributed by atoms with van der Waals surface area (Å²) < 4.78 is 42.7. The molecule has 7 nitrogen and oxygen atoms in total. The van der Waals surface area contributed by atoms with E-state index in [2.05, 4.69) is 48.5 Å². The van der Waals surface area contributed by atoms with Crippen molar-refractivity contribution in [1.82, 2.24) is 19.9 Å². The van der Waals surface area contributed by atoms with Gasteiger partial charge in [0.1, 0.15) is 17.0 Å². The average molecular weight is 544 g/mol. The van der Waals surface area contributed by atoms with Crippen LogP contribution in [-0.4, -0.2) is 42.4 Å². The van der Waals surface area contributed by atoms with Crippen LogP contribution >= 0.6 is 0 Å². The fourth-order valence-electron chi connectivity index (χ4n) is 4.09. The van der Waals surface area contributed by atoms with Gasteiger partial charge in [-0.1, -0.05) is 43.0 Å². The van der Waals surface area contributed by atoms with Crippen molar-refractivity contribution < 1.29 is 12.8 Å². The Kier molecular flexibility index (Phi) is 8.38. The Hall–Kier alpha value is -4.13. The number of sulfonamides is 1. The summed E-state index contributed by atoms with van der Waals surface area (Å²) in [5, 5.41) is 0. The SMILES string of the molecule is CCc1ncnc(-c2cccc(CN(C)C)c2)c1C#Cc1cnc(C)c(NS(=O)(=O)c2ccc(C)cc2F)c1. The first-order valence-corrected chi connectivity index (χ1v) is 13.9. The van der Waals surface area contributed by atoms with Gasteiger partial charge in [0.25, 0.3) is 10.0 Å². The second-order valence-electron chi connectivity index (χ2n) is 9.48. The molecule has 9 heteroatoms. The van der Waals surface area contributed by atoms with E-state index in [-0.39, 0.29) is 5.69 Å². The number of aromatic nitrogens is 3. The first-order chi connectivity index (χ1) is 18.6. The summed E-state index contributed by atoms with van der Waals surface area (Å²) >= 11 is 0. The Morgan fingerprint density at radius 2 is 1.79 bits per heavy atom. The van der Waals surface area contributed by atoms with Crippen molar-refractivity contribution in [2.45, 2.75) is 38.6 Å². The molecule has 0 aliphatic heterocycles. The minimum Gasteiger partial charge on any atom is -0.305 e. The van der Waals surface area contributed by atoms with Crippen molar-refractivity contribution in [2.75, 3.05) is 18.8 Å². The molecule has 0 saturated heterocycles. The number of aryl methyl sites for hydroxylation is 3. The second kappa shape index (κ2) is 11.7. The highest BCUT2D eigenvalue weighted by Gasteiger charge is 2.20. The van der Waals surface area contributed by atoms with E-state index in [0.717, 1.165) is 29.1 Å². The zero-order valence-electron chi connectivity index (χ0n) is 22.6. The van der Waals surface area contributed by atoms with E-state index >= 15 is 0 Å². The van der Waals surface area contributed by atoms with Crippen LogP contribution in [-0.2, 0) is 23.0 Å². The molecule has 0 bridgehead atoms. The third-order valence-electron chi connectivity index (χ3n) is 6.00. The lowest BCUT2D eigenvalue weighted by Crippen LogP contribution is -2.16. The summed E-state index contributed by atoms with van der Waals surface area (Å²) in [6, 6.07) is 13.7. The number of halogens is 1. The molecule has 200 valence electrons. The van der Waals surface area contributed by atoms with Gasteiger partial charge in [0, 0.05) is 23.9 Å². The smallest absolute Gasteiger partial charge is 0.264 e. The molecular weight excluding hydrogens is 513 g/mol. The lowest BCUT2D eigenvalue weighted by Gasteiger charge is -2.12. The molecule has 0 atom stereocenters. The van der Waals surface area contributed by atoms with Gasteiger partial charge in [-0.3, -0.25) is 9.71 Å². The Labute approximate surface area is 229 Å². The Balaban J connectivity index is 1.71. The fraction of sp³-hybridized carbons (Fsp3) is 0.233. The lowest BCUT2D eigenvalue weighted by atomic mass is 10.0. The molecule has 0 aliphatic carbocycles. The predicted octanol–water partition coefficient (Wildman–Crippen LogP) is 5.12. The van der Waals surface area contributed by atoms with Crippen LogP contribution in [0.1, 0.15) is 40.6 Å². The van der Waals surface area contributed by atoms with Crippen molar-refractivity contribution in [3.63, 3.8) is 0 Å². The third-order valence-corrected chi connectivity index (χ3v) is 7.40. The maximum atomic E-state index is 14.4. The van der Waals surface area contributed by atoms with E-state index in [4.69, 9.17) is 0 Å². The number of hydrogen-bond donors (Lipinski definition) is 1. The van der Waals surface area contributed by atoms with E-state index in [1.807, 2.05) is 33.2 Å². The van der Waals surface area contributed by atoms with Gasteiger partial charge in [-0.25, -0.2) is 22.8 Å². The Morgan fingerprint density at radius 1 is 1.00 bits per heavy atom. The van der Waals surface area contributed by atoms with Gasteiger partial charge in [0.15, 0.2) is 0 Å². The molecule has 4 rings (SSSR count). The molecule has 0 radical (unpaired) electrons. The number of nitrogens with zero attached hydrogens (tertiary/aromatic N) is 4. The number of benzene rings is 2. The van der Waals surface area contributed by atoms with Crippen LogP contribution in [0.4, 0.5) is 10.1 Å². The fourth-order valence-corrected chi connectivity index (χ4v) is 5.25. The number of rotatable bonds is 7. The summed E-state index contributed by atoms with van der Waals surface area (Å²) in [4.78, 5) is 15.0. The van der Waals surface area contributed by atoms with E-state index < -0.39 is 20.7 Å². The topological polar surface area (TPSA) is 88.1 Å². The standard InChI is InChI=1S/C30H30FN5O2S/c1-6-27-25(30(34-19-33-27)24-9-7-8-23(15-24)18-36(4)5)12-11-22-16-28(21(3)32-17-22)35-39(37,38)29-13-10-20(2)14-26(29)31/h7-10,13-17,19,35H,6,18H2,1-5H3. The first-order valence-electron chi connectivity index (χ1n) is 12.4. The largest absolute Gasteiger partial charge is 0.305 e. The van der Waals surface area contributed by atoms with Crippen LogP contribution in [0.2, 0.25) is 0 Å². The van der Waals surface area contributed by atoms with Crippen molar-refractivity contribution in [2.24, 2.45) is 0 Å². The van der Waals surface area contributed by atoms with E-state index in [9.17, 15) is 12.8 Å². The van der Waals surface area contributed by atoms with Crippen molar-refractivity contribution >= 4 is 15.7 Å². The molecule has 0 aliphatic rings. The van der Waals surface area contributed by atoms with Gasteiger partial charge < -0.3 is 4.90 Å². The van der Waals surface area contributed by atoms with Gasteiger partial charge in [0.2, 0.25) is 0 Å². The summed E-state index contributed by atoms with van der Waals surface area (Å²) in [5.41, 5.74) is 6.09. The molecule has 0 fully saturated rings. The number of pyridine rings is 1. The molecule has 4 aromatic rings. The van der Waals surface area contributed by atoms with Crippen LogP contribution in [0.5, 0.6) is 0 Å². The quantitative estimate of drug-likeness (QED) is 0.326. The normalized spacial score (nSPS) is 11.3. The molecule has 0 amide bonds. The van der Waals surface area contributed by atoms with Crippen molar-refractivity contribution in [3.05, 3.63) is 101 Å². The summed E-state index contributed by atoms with van der Waals surface area (Å²) in [6.07, 6.45) is 3.78. The van der Waals surface area contributed by atoms with E-state index in [0.29, 0.717) is 28.8 Å². The van der Waals surface area contributed by atoms with E-state index in [1.54, 1.807) is 38.5 Å². The van der Waals surface area contributed by atoms with E-state index in [1.165, 1.54) is 12.1 Å². The van der Waals surface area contributed by atoms with Crippen LogP contribution in [0.15, 0.2) is 66.0 Å². The minimum absolute atomic E-state index is 0.221. The highest BCUT2D eigenvalue weighted by Crippen LogP contribution is 2.25. The second-order valence-corrected chi connectivity index (χ2v) is 11.1. The molecule has 1 N–H and O–H groups in total. The summed E-state index contributed by atoms with van der Waals surface area (Å²) in [5.74, 6) is 5.48. The summed E-state index contributed by atoms with van der Waals surface area (Å²) in [6.45, 7) is 6.15. The van der Waals surface area contributed by atoms with Gasteiger partial charge in [-0.05, 0) is 69.8 Å². The van der Waals surface area contributed by atoms with Crippen molar-refractivity contribution in [1.29, 1.82) is 0 Å². The monoisotopic (exact) mass is 543 g/mol. The maximum Gasteiger partial charge on any atom is 0.264 e. The highest BCUT2D eigenvalue weighted by atomic mass is 32.2. The molecule has 2 aromatic heterocycles. The van der Waals surface area contributed by atoms with Crippen LogP contribution in [0, 0.1) is 31.5 Å². The predicted molar refractivity (Wildman–Crippen MR) is 151 cm³/mol. The molecule has 0 spiro atoms. The average Bonchev–Trinajstić information content (AvgIpc) is 2.88. The number of anilines is 1. The highest BCUT2D eigenvalue weighted by molar-refractivity contribution is 7.92. The lowest BCUT2D eigenvalue weighted by molar-refractivity contribution is 0.402. The molecule has 0 unspecified atom stereocenters. The summed E-state index contributed by atoms with van der Waals surface area (Å²) in [7, 11) is -0.133. The third kappa shape index (κ3) is 6.66. The maximum absolute atomic E-state index is 14.4. The first kappa shape index (κ1) is 27.9. The van der Waals surface area contributed by atoms with Crippen LogP contribution in [0.3, 0.4) is 0 Å². The zero-order valence-corrected chi connectivity index (χ0v) is 23.4. The van der Waals surface area contributed by atoms with Gasteiger partial charge in [-0.2, -0.15) is 0 Å². The van der Waals surface area contributed by atoms with Gasteiger partial charge >= 0.3 is 0 Å². The van der Waals surface area contributed by atoms with Gasteiger partial charge in [0.05, 0.1) is 28.3 Å². The van der Waals surface area contributed by atoms with Gasteiger partial charge in [-0.15, -0.1) is 0 Å². The Bertz CT molecular complexity index is 1690. The molecule has 0 saturated carbocycles. The molecule has 2 aromatic carbocycles. The van der Waals surface area contributed by atoms with Crippen LogP contribution in [0.25, 0.3) is 11.3 Å².